The van der Waals surface area contributed by atoms with Crippen LogP contribution in [0.1, 0.15) is 141 Å². The molecule has 9 rings (SSSR count). The number of piperidine rings is 1. The predicted molar refractivity (Wildman–Crippen MR) is 215 cm³/mol. The molecule has 5 saturated carbocycles. The first-order chi connectivity index (χ1) is 26.2. The molecule has 0 spiro atoms. The number of carbonyl (C=O) groups excluding carboxylic acids is 3. The van der Waals surface area contributed by atoms with Gasteiger partial charge in [0.1, 0.15) is 5.75 Å². The standard InChI is InChI=1S/C25H36O5S.C21H29NO2/c1-4-5-21(29)30-25(20(28)14-31)11-9-18-17-7-6-15-12-16(26)8-10-23(15,2)22(17)19(27)13-24(18,25)3;23-17-7-6-16-12-19-21(24)9-2-1-8-20(21,18(16)13-17)10-11-22(19)14-15-4-3-5-15/h12,17-19,22,27,31H,4-11,13-14H2,1-3H3;6-7,13,15,19,23-24H,1-5,8-12,14H2/t17-,18-,19-,22+,23-,24-,25-;19-,20+,21-/m01/s1. The molecule has 0 aromatic heterocycles. The van der Waals surface area contributed by atoms with E-state index in [0.717, 1.165) is 70.3 Å². The molecule has 8 aliphatic rings. The number of nitrogens with zero attached hydrogens (tertiary/aromatic N) is 1. The van der Waals surface area contributed by atoms with Gasteiger partial charge in [0.25, 0.3) is 0 Å². The molecule has 2 bridgehead atoms. The molecule has 55 heavy (non-hydrogen) atoms. The molecule has 6 fully saturated rings. The second-order valence-electron chi connectivity index (χ2n) is 19.6. The summed E-state index contributed by atoms with van der Waals surface area (Å²) in [7, 11) is 0. The summed E-state index contributed by atoms with van der Waals surface area (Å²) < 4.78 is 6.03. The summed E-state index contributed by atoms with van der Waals surface area (Å²) in [5.74, 6) is 1.49. The Balaban J connectivity index is 0.000000160. The number of ketones is 2. The molecule has 302 valence electrons. The topological polar surface area (TPSA) is 124 Å². The van der Waals surface area contributed by atoms with E-state index in [1.54, 1.807) is 0 Å². The number of carbonyl (C=O) groups is 3. The van der Waals surface area contributed by atoms with Crippen molar-refractivity contribution in [2.75, 3.05) is 18.8 Å². The maximum atomic E-state index is 13.2. The zero-order valence-electron chi connectivity index (χ0n) is 33.5. The van der Waals surface area contributed by atoms with E-state index in [0.29, 0.717) is 31.4 Å². The summed E-state index contributed by atoms with van der Waals surface area (Å²) in [5.41, 5.74) is 1.11. The lowest BCUT2D eigenvalue weighted by atomic mass is 9.45. The molecule has 9 heteroatoms. The third-order valence-electron chi connectivity index (χ3n) is 17.2. The third kappa shape index (κ3) is 6.04. The van der Waals surface area contributed by atoms with Crippen LogP contribution < -0.4 is 0 Å². The zero-order valence-corrected chi connectivity index (χ0v) is 34.4. The van der Waals surface area contributed by atoms with Crippen molar-refractivity contribution >= 4 is 30.2 Å². The van der Waals surface area contributed by atoms with Crippen molar-refractivity contribution in [2.45, 2.75) is 165 Å². The third-order valence-corrected chi connectivity index (χ3v) is 17.4. The number of aliphatic hydroxyl groups is 2. The Hall–Kier alpha value is -2.20. The predicted octanol–water partition coefficient (Wildman–Crippen LogP) is 7.44. The Bertz CT molecular complexity index is 1720. The first kappa shape index (κ1) is 39.6. The molecule has 10 atom stereocenters. The van der Waals surface area contributed by atoms with Gasteiger partial charge in [-0.1, -0.05) is 51.7 Å². The van der Waals surface area contributed by atoms with Gasteiger partial charge in [0.05, 0.1) is 17.5 Å². The number of Topliss-reactive ketones (excluding diaryl/α,β-unsaturated/α-hetero) is 1. The summed E-state index contributed by atoms with van der Waals surface area (Å²) in [6.45, 7) is 8.49. The summed E-state index contributed by atoms with van der Waals surface area (Å²) >= 11 is 4.27. The van der Waals surface area contributed by atoms with Crippen LogP contribution in [0, 0.1) is 34.5 Å². The average molecular weight is 776 g/mol. The van der Waals surface area contributed by atoms with Crippen LogP contribution in [0.2, 0.25) is 0 Å². The average Bonchev–Trinajstić information content (AvgIpc) is 3.42. The minimum Gasteiger partial charge on any atom is -0.508 e. The van der Waals surface area contributed by atoms with Crippen LogP contribution in [-0.4, -0.2) is 79.9 Å². The minimum atomic E-state index is -1.20. The number of likely N-dealkylation sites (tertiary alicyclic amines) is 1. The molecular weight excluding hydrogens is 711 g/mol. The van der Waals surface area contributed by atoms with E-state index >= 15 is 0 Å². The highest BCUT2D eigenvalue weighted by Gasteiger charge is 2.70. The number of rotatable bonds is 7. The molecule has 1 heterocycles. The van der Waals surface area contributed by atoms with Crippen LogP contribution >= 0.6 is 12.6 Å². The maximum absolute atomic E-state index is 13.2. The van der Waals surface area contributed by atoms with E-state index in [2.05, 4.69) is 37.4 Å². The van der Waals surface area contributed by atoms with E-state index in [-0.39, 0.29) is 64.3 Å². The Morgan fingerprint density at radius 1 is 1.00 bits per heavy atom. The van der Waals surface area contributed by atoms with E-state index in [1.807, 2.05) is 25.1 Å². The van der Waals surface area contributed by atoms with E-state index < -0.39 is 22.7 Å². The number of benzene rings is 1. The van der Waals surface area contributed by atoms with E-state index in [1.165, 1.54) is 48.9 Å². The number of hydrogen-bond donors (Lipinski definition) is 4. The first-order valence-corrected chi connectivity index (χ1v) is 22.5. The van der Waals surface area contributed by atoms with Gasteiger partial charge in [-0.2, -0.15) is 12.6 Å². The van der Waals surface area contributed by atoms with Crippen molar-refractivity contribution in [1.82, 2.24) is 4.90 Å². The fourth-order valence-corrected chi connectivity index (χ4v) is 14.5. The van der Waals surface area contributed by atoms with Crippen molar-refractivity contribution in [3.05, 3.63) is 41.0 Å². The SMILES string of the molecule is CCCC(=O)O[C@]1(C(=O)CS)CC[C@H]2[C@@H]3CCC4=CC(=O)CC[C@]4(C)[C@H]3[C@@H](O)C[C@@]21C.Oc1ccc2c(c1)[C@@]13CCCC[C@@]1(O)[C@@H](C2)N(CC1CCC1)CC3. The number of phenols is 1. The zero-order chi connectivity index (χ0) is 39.0. The number of aliphatic hydroxyl groups excluding tert-OH is 1. The summed E-state index contributed by atoms with van der Waals surface area (Å²) in [4.78, 5) is 40.5. The molecule has 0 unspecified atom stereocenters. The lowest BCUT2D eigenvalue weighted by Gasteiger charge is -2.64. The van der Waals surface area contributed by atoms with Crippen molar-refractivity contribution in [3.63, 3.8) is 0 Å². The Morgan fingerprint density at radius 3 is 2.51 bits per heavy atom. The summed E-state index contributed by atoms with van der Waals surface area (Å²) in [6.07, 6.45) is 17.5. The molecule has 1 aliphatic heterocycles. The van der Waals surface area contributed by atoms with Crippen molar-refractivity contribution < 1.29 is 34.4 Å². The highest BCUT2D eigenvalue weighted by molar-refractivity contribution is 7.81. The van der Waals surface area contributed by atoms with Crippen LogP contribution in [0.25, 0.3) is 0 Å². The molecule has 1 saturated heterocycles. The summed E-state index contributed by atoms with van der Waals surface area (Å²) in [5, 5.41) is 33.6. The van der Waals surface area contributed by atoms with Crippen LogP contribution in [0.15, 0.2) is 29.8 Å². The molecule has 0 amide bonds. The van der Waals surface area contributed by atoms with Gasteiger partial charge in [0.2, 0.25) is 0 Å². The maximum Gasteiger partial charge on any atom is 0.306 e. The Labute approximate surface area is 333 Å². The van der Waals surface area contributed by atoms with E-state index in [9.17, 15) is 29.7 Å². The highest BCUT2D eigenvalue weighted by Crippen LogP contribution is 2.68. The second-order valence-corrected chi connectivity index (χ2v) is 19.9. The number of phenolic OH excluding ortho intramolecular Hbond substituents is 1. The van der Waals surface area contributed by atoms with Gasteiger partial charge < -0.3 is 20.1 Å². The molecule has 3 N–H and O–H groups in total. The van der Waals surface area contributed by atoms with Gasteiger partial charge in [-0.3, -0.25) is 19.3 Å². The lowest BCUT2D eigenvalue weighted by molar-refractivity contribution is -0.200. The highest BCUT2D eigenvalue weighted by atomic mass is 32.1. The van der Waals surface area contributed by atoms with Gasteiger partial charge in [-0.15, -0.1) is 0 Å². The van der Waals surface area contributed by atoms with Crippen LogP contribution in [0.4, 0.5) is 0 Å². The van der Waals surface area contributed by atoms with Crippen LogP contribution in [0.3, 0.4) is 0 Å². The van der Waals surface area contributed by atoms with Crippen LogP contribution in [0.5, 0.6) is 5.75 Å². The molecule has 8 nitrogen and oxygen atoms in total. The number of fused-ring (bicyclic) bond motifs is 6. The van der Waals surface area contributed by atoms with Gasteiger partial charge in [0.15, 0.2) is 17.2 Å². The number of thiol groups is 1. The molecule has 0 radical (unpaired) electrons. The van der Waals surface area contributed by atoms with Gasteiger partial charge >= 0.3 is 5.97 Å². The number of hydrogen-bond acceptors (Lipinski definition) is 9. The van der Waals surface area contributed by atoms with Crippen LogP contribution in [-0.2, 0) is 31.0 Å². The molecular formula is C46H65NO7S. The monoisotopic (exact) mass is 775 g/mol. The largest absolute Gasteiger partial charge is 0.508 e. The summed E-state index contributed by atoms with van der Waals surface area (Å²) in [6, 6.07) is 6.17. The first-order valence-electron chi connectivity index (χ1n) is 21.8. The fourth-order valence-electron chi connectivity index (χ4n) is 14.3. The van der Waals surface area contributed by atoms with E-state index in [4.69, 9.17) is 4.74 Å². The number of allylic oxidation sites excluding steroid dienone is 1. The number of esters is 1. The van der Waals surface area contributed by atoms with Crippen molar-refractivity contribution in [2.24, 2.45) is 34.5 Å². The molecule has 1 aromatic carbocycles. The normalized spacial score (nSPS) is 41.8. The smallest absolute Gasteiger partial charge is 0.306 e. The number of ether oxygens (including phenoxy) is 1. The quantitative estimate of drug-likeness (QED) is 0.167. The van der Waals surface area contributed by atoms with Gasteiger partial charge in [0, 0.05) is 36.3 Å². The van der Waals surface area contributed by atoms with Gasteiger partial charge in [-0.05, 0) is 148 Å². The number of aromatic hydroxyl groups is 1. The second kappa shape index (κ2) is 14.6. The molecule has 1 aromatic rings. The fraction of sp³-hybridized carbons (Fsp3) is 0.761. The van der Waals surface area contributed by atoms with Crippen molar-refractivity contribution in [3.8, 4) is 5.75 Å². The minimum absolute atomic E-state index is 0.0264. The Morgan fingerprint density at radius 2 is 1.78 bits per heavy atom. The lowest BCUT2D eigenvalue weighted by Crippen LogP contribution is -2.72. The van der Waals surface area contributed by atoms with Crippen molar-refractivity contribution in [1.29, 1.82) is 0 Å². The molecule has 7 aliphatic carbocycles. The van der Waals surface area contributed by atoms with Gasteiger partial charge in [-0.25, -0.2) is 0 Å². The Kier molecular flexibility index (Phi) is 10.5.